The number of carbonyl (C=O) groups excluding carboxylic acids is 1. The van der Waals surface area contributed by atoms with E-state index in [9.17, 15) is 13.2 Å². The van der Waals surface area contributed by atoms with Crippen molar-refractivity contribution in [2.75, 3.05) is 24.2 Å². The fourth-order valence-electron chi connectivity index (χ4n) is 1.56. The Hall–Kier alpha value is -1.67. The molecule has 0 fully saturated rings. The summed E-state index contributed by atoms with van der Waals surface area (Å²) < 4.78 is 29.8. The van der Waals surface area contributed by atoms with Crippen LogP contribution in [0, 0.1) is 0 Å². The van der Waals surface area contributed by atoms with Gasteiger partial charge in [0, 0.05) is 12.6 Å². The number of thiocarbonyl (C=S) groups is 1. The van der Waals surface area contributed by atoms with Gasteiger partial charge in [-0.25, -0.2) is 8.42 Å². The minimum atomic E-state index is -3.66. The number of methoxy groups -OCH3 is 1. The van der Waals surface area contributed by atoms with Crippen molar-refractivity contribution in [3.63, 3.8) is 0 Å². The molecule has 0 heterocycles. The lowest BCUT2D eigenvalue weighted by Gasteiger charge is -2.21. The van der Waals surface area contributed by atoms with Gasteiger partial charge in [-0.05, 0) is 12.1 Å². The second-order valence-corrected chi connectivity index (χ2v) is 6.55. The molecule has 1 aromatic rings. The number of para-hydroxylation sites is 1. The summed E-state index contributed by atoms with van der Waals surface area (Å²) in [7, 11) is -1.06. The Balaban J connectivity index is 3.02. The SMILES string of the molecule is COC(=O)CCS(=O)(=O)N(C)c1ccccc1C(N)=S. The van der Waals surface area contributed by atoms with Crippen LogP contribution in [0.15, 0.2) is 24.3 Å². The van der Waals surface area contributed by atoms with Crippen molar-refractivity contribution < 1.29 is 17.9 Å². The topological polar surface area (TPSA) is 89.7 Å². The number of hydrogen-bond donors (Lipinski definition) is 1. The van der Waals surface area contributed by atoms with Gasteiger partial charge in [-0.15, -0.1) is 0 Å². The van der Waals surface area contributed by atoms with Crippen LogP contribution in [-0.4, -0.2) is 39.3 Å². The molecule has 6 nitrogen and oxygen atoms in total. The smallest absolute Gasteiger partial charge is 0.306 e. The molecule has 8 heteroatoms. The molecular weight excluding hydrogens is 300 g/mol. The Morgan fingerprint density at radius 3 is 2.55 bits per heavy atom. The summed E-state index contributed by atoms with van der Waals surface area (Å²) in [5.74, 6) is -0.924. The van der Waals surface area contributed by atoms with Crippen LogP contribution < -0.4 is 10.0 Å². The molecule has 0 aliphatic rings. The zero-order chi connectivity index (χ0) is 15.3. The van der Waals surface area contributed by atoms with Gasteiger partial charge in [-0.3, -0.25) is 9.10 Å². The highest BCUT2D eigenvalue weighted by molar-refractivity contribution is 7.92. The van der Waals surface area contributed by atoms with Gasteiger partial charge < -0.3 is 10.5 Å². The van der Waals surface area contributed by atoms with E-state index in [0.717, 1.165) is 4.31 Å². The van der Waals surface area contributed by atoms with E-state index in [-0.39, 0.29) is 17.2 Å². The summed E-state index contributed by atoms with van der Waals surface area (Å²) in [6, 6.07) is 6.64. The van der Waals surface area contributed by atoms with Crippen molar-refractivity contribution in [1.29, 1.82) is 0 Å². The Morgan fingerprint density at radius 1 is 1.40 bits per heavy atom. The Bertz CT molecular complexity index is 614. The Labute approximate surface area is 123 Å². The lowest BCUT2D eigenvalue weighted by Crippen LogP contribution is -2.31. The first-order valence-corrected chi connectivity index (χ1v) is 7.73. The predicted octanol–water partition coefficient (Wildman–Crippen LogP) is 0.650. The summed E-state index contributed by atoms with van der Waals surface area (Å²) >= 11 is 4.90. The van der Waals surface area contributed by atoms with E-state index in [4.69, 9.17) is 18.0 Å². The van der Waals surface area contributed by atoms with Crippen molar-refractivity contribution >= 4 is 38.9 Å². The van der Waals surface area contributed by atoms with Gasteiger partial charge in [0.2, 0.25) is 10.0 Å². The van der Waals surface area contributed by atoms with Gasteiger partial charge >= 0.3 is 5.97 Å². The summed E-state index contributed by atoms with van der Waals surface area (Å²) in [4.78, 5) is 11.2. The molecule has 2 N–H and O–H groups in total. The molecule has 20 heavy (non-hydrogen) atoms. The van der Waals surface area contributed by atoms with E-state index in [1.165, 1.54) is 14.2 Å². The first-order chi connectivity index (χ1) is 9.29. The standard InChI is InChI=1S/C12H16N2O4S2/c1-14(20(16,17)8-7-11(15)18-2)10-6-4-3-5-9(10)12(13)19/h3-6H,7-8H2,1-2H3,(H2,13,19). The van der Waals surface area contributed by atoms with Crippen molar-refractivity contribution in [1.82, 2.24) is 0 Å². The van der Waals surface area contributed by atoms with E-state index >= 15 is 0 Å². The van der Waals surface area contributed by atoms with Gasteiger partial charge in [0.1, 0.15) is 4.99 Å². The average molecular weight is 316 g/mol. The molecule has 0 unspecified atom stereocenters. The molecule has 0 amide bonds. The van der Waals surface area contributed by atoms with E-state index < -0.39 is 16.0 Å². The average Bonchev–Trinajstić information content (AvgIpc) is 2.43. The van der Waals surface area contributed by atoms with Crippen LogP contribution in [0.3, 0.4) is 0 Å². The second kappa shape index (κ2) is 6.67. The summed E-state index contributed by atoms with van der Waals surface area (Å²) in [5.41, 5.74) is 6.42. The van der Waals surface area contributed by atoms with Crippen LogP contribution in [0.4, 0.5) is 5.69 Å². The summed E-state index contributed by atoms with van der Waals surface area (Å²) in [6.07, 6.45) is -0.210. The van der Waals surface area contributed by atoms with Crippen molar-refractivity contribution in [2.45, 2.75) is 6.42 Å². The largest absolute Gasteiger partial charge is 0.469 e. The Kier molecular flexibility index (Phi) is 5.46. The number of hydrogen-bond acceptors (Lipinski definition) is 5. The van der Waals surface area contributed by atoms with Crippen LogP contribution in [0.1, 0.15) is 12.0 Å². The highest BCUT2D eigenvalue weighted by atomic mass is 32.2. The van der Waals surface area contributed by atoms with E-state index in [1.807, 2.05) is 0 Å². The number of carbonyl (C=O) groups is 1. The highest BCUT2D eigenvalue weighted by Gasteiger charge is 2.22. The molecular formula is C12H16N2O4S2. The van der Waals surface area contributed by atoms with Gasteiger partial charge in [0.15, 0.2) is 0 Å². The number of esters is 1. The van der Waals surface area contributed by atoms with Crippen molar-refractivity contribution in [3.8, 4) is 0 Å². The summed E-state index contributed by atoms with van der Waals surface area (Å²) in [5, 5.41) is 0. The van der Waals surface area contributed by atoms with Crippen molar-refractivity contribution in [2.24, 2.45) is 5.73 Å². The zero-order valence-electron chi connectivity index (χ0n) is 11.2. The fourth-order valence-corrected chi connectivity index (χ4v) is 2.89. The molecule has 1 aromatic carbocycles. The van der Waals surface area contributed by atoms with Crippen LogP contribution >= 0.6 is 12.2 Å². The molecule has 110 valence electrons. The number of nitrogens with two attached hydrogens (primary N) is 1. The van der Waals surface area contributed by atoms with Crippen LogP contribution in [-0.2, 0) is 19.6 Å². The first-order valence-electron chi connectivity index (χ1n) is 5.72. The van der Waals surface area contributed by atoms with Crippen LogP contribution in [0.2, 0.25) is 0 Å². The number of anilines is 1. The quantitative estimate of drug-likeness (QED) is 0.612. The first kappa shape index (κ1) is 16.4. The minimum Gasteiger partial charge on any atom is -0.469 e. The monoisotopic (exact) mass is 316 g/mol. The van der Waals surface area contributed by atoms with E-state index in [0.29, 0.717) is 11.3 Å². The number of ether oxygens (including phenoxy) is 1. The predicted molar refractivity (Wildman–Crippen MR) is 81.2 cm³/mol. The molecule has 0 saturated carbocycles. The lowest BCUT2D eigenvalue weighted by atomic mass is 10.2. The molecule has 0 aliphatic carbocycles. The number of rotatable bonds is 6. The highest BCUT2D eigenvalue weighted by Crippen LogP contribution is 2.22. The fraction of sp³-hybridized carbons (Fsp3) is 0.333. The maximum atomic E-state index is 12.2. The lowest BCUT2D eigenvalue weighted by molar-refractivity contribution is -0.140. The molecule has 0 saturated heterocycles. The van der Waals surface area contributed by atoms with Gasteiger partial charge in [0.25, 0.3) is 0 Å². The molecule has 0 aliphatic heterocycles. The minimum absolute atomic E-state index is 0.107. The number of benzene rings is 1. The van der Waals surface area contributed by atoms with Gasteiger partial charge in [0.05, 0.1) is 25.0 Å². The molecule has 0 bridgehead atoms. The maximum absolute atomic E-state index is 12.2. The molecule has 0 aromatic heterocycles. The second-order valence-electron chi connectivity index (χ2n) is 3.99. The molecule has 0 radical (unpaired) electrons. The van der Waals surface area contributed by atoms with Crippen LogP contribution in [0.25, 0.3) is 0 Å². The maximum Gasteiger partial charge on any atom is 0.306 e. The number of sulfonamides is 1. The van der Waals surface area contributed by atoms with E-state index in [1.54, 1.807) is 24.3 Å². The third kappa shape index (κ3) is 3.91. The van der Waals surface area contributed by atoms with Gasteiger partial charge in [-0.1, -0.05) is 24.4 Å². The number of nitrogens with zero attached hydrogens (tertiary/aromatic N) is 1. The normalized spacial score (nSPS) is 10.9. The van der Waals surface area contributed by atoms with Crippen LogP contribution in [0.5, 0.6) is 0 Å². The summed E-state index contributed by atoms with van der Waals surface area (Å²) in [6.45, 7) is 0. The molecule has 1 rings (SSSR count). The van der Waals surface area contributed by atoms with Crippen molar-refractivity contribution in [3.05, 3.63) is 29.8 Å². The zero-order valence-corrected chi connectivity index (χ0v) is 12.8. The molecule has 0 atom stereocenters. The third-order valence-electron chi connectivity index (χ3n) is 2.72. The van der Waals surface area contributed by atoms with E-state index in [2.05, 4.69) is 4.74 Å². The molecule has 0 spiro atoms. The van der Waals surface area contributed by atoms with Gasteiger partial charge in [-0.2, -0.15) is 0 Å². The third-order valence-corrected chi connectivity index (χ3v) is 4.69. The Morgan fingerprint density at radius 2 is 2.00 bits per heavy atom.